The fourth-order valence-corrected chi connectivity index (χ4v) is 4.21. The van der Waals surface area contributed by atoms with Gasteiger partial charge in [0.2, 0.25) is 5.91 Å². The Bertz CT molecular complexity index is 733. The SMILES string of the molecule is O=C(C1CCC1)N1CCN(Cc2nc(-c3ccc(F)cc3)cs2)CC1. The maximum atomic E-state index is 13.0. The summed E-state index contributed by atoms with van der Waals surface area (Å²) in [6.07, 6.45) is 3.35. The van der Waals surface area contributed by atoms with Crippen LogP contribution in [0.2, 0.25) is 0 Å². The molecule has 4 nitrogen and oxygen atoms in total. The zero-order chi connectivity index (χ0) is 17.2. The summed E-state index contributed by atoms with van der Waals surface area (Å²) in [5, 5.41) is 3.09. The molecule has 0 unspecified atom stereocenters. The molecule has 1 aliphatic heterocycles. The van der Waals surface area contributed by atoms with Crippen molar-refractivity contribution in [1.82, 2.24) is 14.8 Å². The lowest BCUT2D eigenvalue weighted by molar-refractivity contribution is -0.140. The van der Waals surface area contributed by atoms with E-state index >= 15 is 0 Å². The molecule has 1 saturated heterocycles. The van der Waals surface area contributed by atoms with Crippen LogP contribution in [-0.2, 0) is 11.3 Å². The van der Waals surface area contributed by atoms with Crippen LogP contribution in [0.3, 0.4) is 0 Å². The third kappa shape index (κ3) is 3.75. The normalized spacial score (nSPS) is 19.0. The molecule has 132 valence electrons. The highest BCUT2D eigenvalue weighted by Gasteiger charge is 2.31. The Balaban J connectivity index is 1.31. The molecule has 2 aliphatic rings. The molecular formula is C19H22FN3OS. The molecule has 2 fully saturated rings. The van der Waals surface area contributed by atoms with Gasteiger partial charge in [0.15, 0.2) is 0 Å². The molecule has 0 spiro atoms. The van der Waals surface area contributed by atoms with Gasteiger partial charge in [-0.25, -0.2) is 9.37 Å². The lowest BCUT2D eigenvalue weighted by Crippen LogP contribution is -2.50. The molecule has 1 aliphatic carbocycles. The Hall–Kier alpha value is -1.79. The summed E-state index contributed by atoms with van der Waals surface area (Å²) >= 11 is 1.64. The summed E-state index contributed by atoms with van der Waals surface area (Å²) in [5.74, 6) is 0.427. The van der Waals surface area contributed by atoms with Crippen LogP contribution in [0.4, 0.5) is 4.39 Å². The molecule has 1 saturated carbocycles. The van der Waals surface area contributed by atoms with Crippen LogP contribution in [0.5, 0.6) is 0 Å². The first kappa shape index (κ1) is 16.7. The van der Waals surface area contributed by atoms with Gasteiger partial charge in [-0.2, -0.15) is 0 Å². The zero-order valence-electron chi connectivity index (χ0n) is 14.2. The Morgan fingerprint density at radius 2 is 1.88 bits per heavy atom. The van der Waals surface area contributed by atoms with Crippen LogP contribution in [0.25, 0.3) is 11.3 Å². The second kappa shape index (κ2) is 7.22. The minimum atomic E-state index is -0.228. The number of hydrogen-bond donors (Lipinski definition) is 0. The molecule has 1 aromatic heterocycles. The van der Waals surface area contributed by atoms with Gasteiger partial charge < -0.3 is 4.90 Å². The van der Waals surface area contributed by atoms with Crippen molar-refractivity contribution in [2.45, 2.75) is 25.8 Å². The first-order chi connectivity index (χ1) is 12.2. The summed E-state index contributed by atoms with van der Waals surface area (Å²) < 4.78 is 13.0. The minimum absolute atomic E-state index is 0.228. The average molecular weight is 359 g/mol. The summed E-state index contributed by atoms with van der Waals surface area (Å²) in [5.41, 5.74) is 1.85. The summed E-state index contributed by atoms with van der Waals surface area (Å²) in [6, 6.07) is 6.46. The predicted octanol–water partition coefficient (Wildman–Crippen LogP) is 3.39. The molecule has 2 heterocycles. The van der Waals surface area contributed by atoms with E-state index in [4.69, 9.17) is 0 Å². The van der Waals surface area contributed by atoms with Crippen molar-refractivity contribution >= 4 is 17.2 Å². The minimum Gasteiger partial charge on any atom is -0.340 e. The first-order valence-corrected chi connectivity index (χ1v) is 9.78. The van der Waals surface area contributed by atoms with E-state index in [1.54, 1.807) is 23.5 Å². The second-order valence-corrected chi connectivity index (χ2v) is 7.81. The van der Waals surface area contributed by atoms with E-state index in [-0.39, 0.29) is 5.82 Å². The standard InChI is InChI=1S/C19H22FN3OS/c20-16-6-4-14(5-7-16)17-13-25-18(21-17)12-22-8-10-23(11-9-22)19(24)15-2-1-3-15/h4-7,13,15H,1-3,8-12H2. The van der Waals surface area contributed by atoms with Crippen LogP contribution in [0, 0.1) is 11.7 Å². The largest absolute Gasteiger partial charge is 0.340 e. The highest BCUT2D eigenvalue weighted by atomic mass is 32.1. The number of thiazole rings is 1. The molecule has 2 aromatic rings. The molecule has 0 bridgehead atoms. The number of rotatable bonds is 4. The van der Waals surface area contributed by atoms with Gasteiger partial charge in [0.1, 0.15) is 10.8 Å². The number of benzene rings is 1. The molecule has 0 atom stereocenters. The van der Waals surface area contributed by atoms with Crippen molar-refractivity contribution in [2.75, 3.05) is 26.2 Å². The van der Waals surface area contributed by atoms with Gasteiger partial charge in [-0.15, -0.1) is 11.3 Å². The molecule has 4 rings (SSSR count). The maximum Gasteiger partial charge on any atom is 0.225 e. The van der Waals surface area contributed by atoms with Crippen LogP contribution >= 0.6 is 11.3 Å². The van der Waals surface area contributed by atoms with E-state index in [9.17, 15) is 9.18 Å². The Kier molecular flexibility index (Phi) is 4.81. The van der Waals surface area contributed by atoms with Gasteiger partial charge in [-0.1, -0.05) is 6.42 Å². The number of hydrogen-bond acceptors (Lipinski definition) is 4. The van der Waals surface area contributed by atoms with Crippen molar-refractivity contribution in [1.29, 1.82) is 0 Å². The predicted molar refractivity (Wildman–Crippen MR) is 96.7 cm³/mol. The number of amides is 1. The lowest BCUT2D eigenvalue weighted by atomic mass is 9.84. The average Bonchev–Trinajstić information content (AvgIpc) is 3.03. The van der Waals surface area contributed by atoms with E-state index in [2.05, 4.69) is 9.88 Å². The van der Waals surface area contributed by atoms with Gasteiger partial charge in [-0.3, -0.25) is 9.69 Å². The lowest BCUT2D eigenvalue weighted by Gasteiger charge is -2.38. The molecule has 0 N–H and O–H groups in total. The maximum absolute atomic E-state index is 13.0. The summed E-state index contributed by atoms with van der Waals surface area (Å²) in [4.78, 5) is 21.4. The van der Waals surface area contributed by atoms with E-state index in [1.165, 1.54) is 18.6 Å². The number of nitrogens with zero attached hydrogens (tertiary/aromatic N) is 3. The van der Waals surface area contributed by atoms with Gasteiger partial charge in [0.25, 0.3) is 0 Å². The molecule has 0 radical (unpaired) electrons. The number of carbonyl (C=O) groups is 1. The first-order valence-electron chi connectivity index (χ1n) is 8.90. The monoisotopic (exact) mass is 359 g/mol. The molecule has 1 amide bonds. The third-order valence-electron chi connectivity index (χ3n) is 5.19. The molecular weight excluding hydrogens is 337 g/mol. The number of aromatic nitrogens is 1. The van der Waals surface area contributed by atoms with Gasteiger partial charge in [-0.05, 0) is 37.1 Å². The van der Waals surface area contributed by atoms with Crippen LogP contribution in [0.15, 0.2) is 29.6 Å². The van der Waals surface area contributed by atoms with E-state index in [0.29, 0.717) is 11.8 Å². The number of halogens is 1. The smallest absolute Gasteiger partial charge is 0.225 e. The molecule has 1 aromatic carbocycles. The van der Waals surface area contributed by atoms with Crippen molar-refractivity contribution in [3.63, 3.8) is 0 Å². The van der Waals surface area contributed by atoms with Crippen molar-refractivity contribution in [3.8, 4) is 11.3 Å². The van der Waals surface area contributed by atoms with Crippen LogP contribution in [0.1, 0.15) is 24.3 Å². The van der Waals surface area contributed by atoms with Gasteiger partial charge in [0.05, 0.1) is 12.2 Å². The van der Waals surface area contributed by atoms with Crippen molar-refractivity contribution in [3.05, 3.63) is 40.5 Å². The fraction of sp³-hybridized carbons (Fsp3) is 0.474. The summed E-state index contributed by atoms with van der Waals surface area (Å²) in [6.45, 7) is 4.28. The number of carbonyl (C=O) groups excluding carboxylic acids is 1. The number of piperazine rings is 1. The summed E-state index contributed by atoms with van der Waals surface area (Å²) in [7, 11) is 0. The third-order valence-corrected chi connectivity index (χ3v) is 6.02. The van der Waals surface area contributed by atoms with E-state index in [1.807, 2.05) is 10.3 Å². The Morgan fingerprint density at radius 1 is 1.16 bits per heavy atom. The Morgan fingerprint density at radius 3 is 2.52 bits per heavy atom. The zero-order valence-corrected chi connectivity index (χ0v) is 15.0. The van der Waals surface area contributed by atoms with Gasteiger partial charge in [0, 0.05) is 43.0 Å². The van der Waals surface area contributed by atoms with Crippen LogP contribution in [-0.4, -0.2) is 46.9 Å². The highest BCUT2D eigenvalue weighted by Crippen LogP contribution is 2.29. The second-order valence-electron chi connectivity index (χ2n) is 6.86. The highest BCUT2D eigenvalue weighted by molar-refractivity contribution is 7.09. The van der Waals surface area contributed by atoms with E-state index in [0.717, 1.165) is 61.8 Å². The van der Waals surface area contributed by atoms with E-state index < -0.39 is 0 Å². The van der Waals surface area contributed by atoms with Gasteiger partial charge >= 0.3 is 0 Å². The molecule has 6 heteroatoms. The van der Waals surface area contributed by atoms with Crippen molar-refractivity contribution in [2.24, 2.45) is 5.92 Å². The quantitative estimate of drug-likeness (QED) is 0.840. The fourth-order valence-electron chi connectivity index (χ4n) is 3.37. The molecule has 25 heavy (non-hydrogen) atoms. The topological polar surface area (TPSA) is 36.4 Å². The van der Waals surface area contributed by atoms with Crippen molar-refractivity contribution < 1.29 is 9.18 Å². The Labute approximate surface area is 151 Å². The van der Waals surface area contributed by atoms with Crippen LogP contribution < -0.4 is 0 Å².